The zero-order valence-corrected chi connectivity index (χ0v) is 20.5. The van der Waals surface area contributed by atoms with Gasteiger partial charge in [-0.05, 0) is 66.0 Å². The lowest BCUT2D eigenvalue weighted by atomic mass is 10.0. The number of nitrogens with one attached hydrogen (secondary N) is 1. The minimum absolute atomic E-state index is 0.262. The lowest BCUT2D eigenvalue weighted by molar-refractivity contribution is -0.131. The number of aromatic nitrogens is 3. The summed E-state index contributed by atoms with van der Waals surface area (Å²) in [6, 6.07) is 25.2. The molecule has 1 saturated carbocycles. The second-order valence-electron chi connectivity index (χ2n) is 10.4. The van der Waals surface area contributed by atoms with Gasteiger partial charge in [-0.25, -0.2) is 4.98 Å². The van der Waals surface area contributed by atoms with E-state index >= 15 is 0 Å². The topological polar surface area (TPSA) is 77.7 Å². The Morgan fingerprint density at radius 3 is 2.62 bits per heavy atom. The first-order valence-corrected chi connectivity index (χ1v) is 13.0. The maximum absolute atomic E-state index is 12.6. The van der Waals surface area contributed by atoms with Crippen LogP contribution in [0.1, 0.15) is 24.8 Å². The first-order valence-electron chi connectivity index (χ1n) is 13.0. The standard InChI is InChI=1S/C31H27N5O/c32-17-26-2-1-3-28-29(26)34-30(36(28)19-20-13-15-35(18-20)31(37)24-9-10-24)23-7-4-21(5-8-23)25-11-6-22-12-14-33-27(22)16-25/h1-8,11-12,14,16,20,24,33H,9-10,13,15,18-19H2. The van der Waals surface area contributed by atoms with Crippen molar-refractivity contribution in [2.24, 2.45) is 11.8 Å². The third kappa shape index (κ3) is 3.88. The van der Waals surface area contributed by atoms with Crippen LogP contribution in [0.2, 0.25) is 0 Å². The van der Waals surface area contributed by atoms with Crippen LogP contribution in [0.25, 0.3) is 44.5 Å². The summed E-state index contributed by atoms with van der Waals surface area (Å²) in [5.74, 6) is 1.84. The number of para-hydroxylation sites is 1. The van der Waals surface area contributed by atoms with E-state index in [0.717, 1.165) is 78.0 Å². The summed E-state index contributed by atoms with van der Waals surface area (Å²) in [6.07, 6.45) is 5.04. The van der Waals surface area contributed by atoms with E-state index in [2.05, 4.69) is 75.1 Å². The van der Waals surface area contributed by atoms with E-state index in [1.54, 1.807) is 0 Å². The van der Waals surface area contributed by atoms with Crippen LogP contribution in [0.5, 0.6) is 0 Å². The van der Waals surface area contributed by atoms with Crippen molar-refractivity contribution < 1.29 is 4.79 Å². The molecule has 0 bridgehead atoms. The molecule has 0 spiro atoms. The number of benzene rings is 3. The van der Waals surface area contributed by atoms with Gasteiger partial charge < -0.3 is 14.5 Å². The van der Waals surface area contributed by atoms with Gasteiger partial charge in [-0.3, -0.25) is 4.79 Å². The predicted octanol–water partition coefficient (Wildman–Crippen LogP) is 5.98. The van der Waals surface area contributed by atoms with Gasteiger partial charge in [0, 0.05) is 42.8 Å². The third-order valence-electron chi connectivity index (χ3n) is 7.90. The molecule has 1 aliphatic heterocycles. The summed E-state index contributed by atoms with van der Waals surface area (Å²) < 4.78 is 2.26. The van der Waals surface area contributed by atoms with Crippen LogP contribution in [0.3, 0.4) is 0 Å². The fraction of sp³-hybridized carbons (Fsp3) is 0.258. The van der Waals surface area contributed by atoms with Crippen LogP contribution in [-0.2, 0) is 11.3 Å². The molecule has 6 heteroatoms. The van der Waals surface area contributed by atoms with Crippen molar-refractivity contribution in [3.8, 4) is 28.6 Å². The summed E-state index contributed by atoms with van der Waals surface area (Å²) >= 11 is 0. The number of carbonyl (C=O) groups is 1. The molecular weight excluding hydrogens is 458 g/mol. The molecule has 7 rings (SSSR count). The molecule has 3 heterocycles. The largest absolute Gasteiger partial charge is 0.361 e. The fourth-order valence-corrected chi connectivity index (χ4v) is 5.71. The van der Waals surface area contributed by atoms with Crippen molar-refractivity contribution in [1.82, 2.24) is 19.4 Å². The smallest absolute Gasteiger partial charge is 0.225 e. The molecule has 0 radical (unpaired) electrons. The van der Waals surface area contributed by atoms with Crippen molar-refractivity contribution in [3.63, 3.8) is 0 Å². The SMILES string of the molecule is N#Cc1cccc2c1nc(-c1ccc(-c3ccc4cc[nH]c4c3)cc1)n2CC1CCN(C(=O)C2CC2)C1. The Balaban J connectivity index is 1.23. The number of likely N-dealkylation sites (tertiary alicyclic amines) is 1. The molecule has 3 aromatic carbocycles. The highest BCUT2D eigenvalue weighted by Crippen LogP contribution is 2.35. The Labute approximate surface area is 215 Å². The summed E-state index contributed by atoms with van der Waals surface area (Å²) in [5.41, 5.74) is 6.75. The van der Waals surface area contributed by atoms with E-state index in [-0.39, 0.29) is 5.92 Å². The molecule has 2 fully saturated rings. The van der Waals surface area contributed by atoms with Crippen molar-refractivity contribution >= 4 is 27.8 Å². The van der Waals surface area contributed by atoms with Crippen molar-refractivity contribution in [1.29, 1.82) is 5.26 Å². The fourth-order valence-electron chi connectivity index (χ4n) is 5.71. The third-order valence-corrected chi connectivity index (χ3v) is 7.90. The first-order chi connectivity index (χ1) is 18.2. The Morgan fingerprint density at radius 1 is 1.00 bits per heavy atom. The van der Waals surface area contributed by atoms with Gasteiger partial charge in [0.15, 0.2) is 0 Å². The number of rotatable bonds is 5. The number of fused-ring (bicyclic) bond motifs is 2. The van der Waals surface area contributed by atoms with E-state index in [0.29, 0.717) is 17.4 Å². The average molecular weight is 486 g/mol. The predicted molar refractivity (Wildman–Crippen MR) is 145 cm³/mol. The number of H-pyrrole nitrogens is 1. The van der Waals surface area contributed by atoms with Crippen LogP contribution in [0.15, 0.2) is 72.9 Å². The monoisotopic (exact) mass is 485 g/mol. The summed E-state index contributed by atoms with van der Waals surface area (Å²) in [5, 5.41) is 10.9. The number of aromatic amines is 1. The van der Waals surface area contributed by atoms with Gasteiger partial charge in [0.1, 0.15) is 17.4 Å². The molecule has 2 aromatic heterocycles. The summed E-state index contributed by atoms with van der Waals surface area (Å²) in [7, 11) is 0. The van der Waals surface area contributed by atoms with Crippen LogP contribution in [0.4, 0.5) is 0 Å². The van der Waals surface area contributed by atoms with Gasteiger partial charge in [0.05, 0.1) is 11.1 Å². The molecule has 6 nitrogen and oxygen atoms in total. The van der Waals surface area contributed by atoms with Crippen LogP contribution < -0.4 is 0 Å². The lowest BCUT2D eigenvalue weighted by Crippen LogP contribution is -2.30. The summed E-state index contributed by atoms with van der Waals surface area (Å²) in [6.45, 7) is 2.41. The Hall–Kier alpha value is -4.37. The molecule has 2 aliphatic rings. The highest BCUT2D eigenvalue weighted by molar-refractivity contribution is 5.87. The molecular formula is C31H27N5O. The number of amides is 1. The van der Waals surface area contributed by atoms with Crippen molar-refractivity contribution in [2.75, 3.05) is 13.1 Å². The zero-order valence-electron chi connectivity index (χ0n) is 20.5. The minimum Gasteiger partial charge on any atom is -0.361 e. The lowest BCUT2D eigenvalue weighted by Gasteiger charge is -2.18. The molecule has 1 saturated heterocycles. The number of imidazole rings is 1. The molecule has 1 atom stereocenters. The van der Waals surface area contributed by atoms with Crippen molar-refractivity contribution in [3.05, 3.63) is 78.5 Å². The minimum atomic E-state index is 0.262. The summed E-state index contributed by atoms with van der Waals surface area (Å²) in [4.78, 5) is 22.9. The number of nitriles is 1. The zero-order chi connectivity index (χ0) is 24.9. The normalized spacial score (nSPS) is 17.5. The van der Waals surface area contributed by atoms with Gasteiger partial charge in [-0.15, -0.1) is 0 Å². The molecule has 1 aliphatic carbocycles. The first kappa shape index (κ1) is 21.9. The molecule has 1 amide bonds. The van der Waals surface area contributed by atoms with Gasteiger partial charge in [0.25, 0.3) is 0 Å². The number of nitrogens with zero attached hydrogens (tertiary/aromatic N) is 4. The van der Waals surface area contributed by atoms with Crippen molar-refractivity contribution in [2.45, 2.75) is 25.8 Å². The molecule has 1 unspecified atom stereocenters. The highest BCUT2D eigenvalue weighted by Gasteiger charge is 2.36. The van der Waals surface area contributed by atoms with Crippen LogP contribution in [0, 0.1) is 23.2 Å². The Bertz CT molecular complexity index is 1680. The van der Waals surface area contributed by atoms with Crippen LogP contribution in [-0.4, -0.2) is 38.4 Å². The van der Waals surface area contributed by atoms with E-state index in [4.69, 9.17) is 4.98 Å². The number of carbonyl (C=O) groups excluding carboxylic acids is 1. The second kappa shape index (κ2) is 8.63. The maximum Gasteiger partial charge on any atom is 0.225 e. The van der Waals surface area contributed by atoms with Crippen LogP contribution >= 0.6 is 0 Å². The maximum atomic E-state index is 12.6. The number of hydrogen-bond donors (Lipinski definition) is 1. The Kier molecular flexibility index (Phi) is 5.10. The van der Waals surface area contributed by atoms with Gasteiger partial charge in [-0.1, -0.05) is 42.5 Å². The quantitative estimate of drug-likeness (QED) is 0.333. The molecule has 37 heavy (non-hydrogen) atoms. The highest BCUT2D eigenvalue weighted by atomic mass is 16.2. The van der Waals surface area contributed by atoms with E-state index in [9.17, 15) is 10.1 Å². The second-order valence-corrected chi connectivity index (χ2v) is 10.4. The number of hydrogen-bond acceptors (Lipinski definition) is 3. The Morgan fingerprint density at radius 2 is 1.81 bits per heavy atom. The molecule has 182 valence electrons. The van der Waals surface area contributed by atoms with E-state index < -0.39 is 0 Å². The van der Waals surface area contributed by atoms with Gasteiger partial charge >= 0.3 is 0 Å². The van der Waals surface area contributed by atoms with Gasteiger partial charge in [-0.2, -0.15) is 5.26 Å². The molecule has 1 N–H and O–H groups in total. The average Bonchev–Trinajstić information content (AvgIpc) is 3.32. The molecule has 5 aromatic rings. The van der Waals surface area contributed by atoms with E-state index in [1.165, 1.54) is 5.39 Å². The van der Waals surface area contributed by atoms with E-state index in [1.807, 2.05) is 18.3 Å². The van der Waals surface area contributed by atoms with Gasteiger partial charge in [0.2, 0.25) is 5.91 Å².